The Kier molecular flexibility index (Phi) is 6.58. The van der Waals surface area contributed by atoms with Crippen LogP contribution in [0.4, 0.5) is 4.39 Å². The third kappa shape index (κ3) is 4.95. The fourth-order valence-corrected chi connectivity index (χ4v) is 2.17. The number of ether oxygens (including phenoxy) is 1. The number of halogens is 2. The summed E-state index contributed by atoms with van der Waals surface area (Å²) in [5, 5.41) is 6.05. The van der Waals surface area contributed by atoms with E-state index in [0.717, 1.165) is 5.56 Å². The summed E-state index contributed by atoms with van der Waals surface area (Å²) in [6.07, 6.45) is 0. The van der Waals surface area contributed by atoms with Crippen molar-refractivity contribution in [2.45, 2.75) is 25.3 Å². The molecule has 1 unspecified atom stereocenters. The van der Waals surface area contributed by atoms with E-state index in [9.17, 15) is 9.18 Å². The van der Waals surface area contributed by atoms with E-state index in [1.807, 2.05) is 13.8 Å². The number of rotatable bonds is 4. The van der Waals surface area contributed by atoms with Crippen LogP contribution >= 0.6 is 12.4 Å². The van der Waals surface area contributed by atoms with E-state index < -0.39 is 0 Å². The largest absolute Gasteiger partial charge is 0.378 e. The Hall–Kier alpha value is -1.17. The van der Waals surface area contributed by atoms with Gasteiger partial charge in [0.05, 0.1) is 13.2 Å². The van der Waals surface area contributed by atoms with Gasteiger partial charge >= 0.3 is 0 Å². The van der Waals surface area contributed by atoms with E-state index in [-0.39, 0.29) is 35.6 Å². The third-order valence-corrected chi connectivity index (χ3v) is 3.57. The number of benzene rings is 1. The SMILES string of the molecule is CC(C)(CNC(=O)C1COCCN1)c1ccc(F)cc1.Cl. The van der Waals surface area contributed by atoms with Gasteiger partial charge in [-0.25, -0.2) is 4.39 Å². The molecule has 1 heterocycles. The minimum atomic E-state index is -0.284. The van der Waals surface area contributed by atoms with E-state index in [2.05, 4.69) is 10.6 Å². The molecule has 6 heteroatoms. The van der Waals surface area contributed by atoms with Crippen molar-refractivity contribution in [3.8, 4) is 0 Å². The van der Waals surface area contributed by atoms with Gasteiger partial charge in [0.1, 0.15) is 11.9 Å². The van der Waals surface area contributed by atoms with Crippen LogP contribution in [0.5, 0.6) is 0 Å². The van der Waals surface area contributed by atoms with E-state index in [4.69, 9.17) is 4.74 Å². The lowest BCUT2D eigenvalue weighted by Crippen LogP contribution is -2.52. The van der Waals surface area contributed by atoms with Crippen LogP contribution in [0.2, 0.25) is 0 Å². The molecule has 0 aromatic heterocycles. The first-order chi connectivity index (χ1) is 9.49. The molecule has 2 rings (SSSR count). The van der Waals surface area contributed by atoms with Crippen molar-refractivity contribution < 1.29 is 13.9 Å². The van der Waals surface area contributed by atoms with Gasteiger partial charge in [-0.05, 0) is 17.7 Å². The van der Waals surface area contributed by atoms with Gasteiger partial charge in [-0.1, -0.05) is 26.0 Å². The van der Waals surface area contributed by atoms with Crippen molar-refractivity contribution in [1.82, 2.24) is 10.6 Å². The molecule has 1 aromatic carbocycles. The molecule has 1 aromatic rings. The lowest BCUT2D eigenvalue weighted by atomic mass is 9.84. The molecular formula is C15H22ClFN2O2. The van der Waals surface area contributed by atoms with Gasteiger partial charge in [0.25, 0.3) is 0 Å². The van der Waals surface area contributed by atoms with Crippen LogP contribution < -0.4 is 10.6 Å². The highest BCUT2D eigenvalue weighted by Gasteiger charge is 2.25. The van der Waals surface area contributed by atoms with Crippen molar-refractivity contribution in [2.75, 3.05) is 26.3 Å². The molecule has 2 N–H and O–H groups in total. The van der Waals surface area contributed by atoms with Gasteiger partial charge < -0.3 is 15.4 Å². The van der Waals surface area contributed by atoms with Crippen molar-refractivity contribution in [1.29, 1.82) is 0 Å². The number of carbonyl (C=O) groups is 1. The van der Waals surface area contributed by atoms with Gasteiger partial charge in [-0.3, -0.25) is 4.79 Å². The van der Waals surface area contributed by atoms with Crippen LogP contribution in [0.15, 0.2) is 24.3 Å². The number of hydrogen-bond acceptors (Lipinski definition) is 3. The van der Waals surface area contributed by atoms with Gasteiger partial charge in [0.15, 0.2) is 0 Å². The Morgan fingerprint density at radius 1 is 1.43 bits per heavy atom. The molecule has 1 amide bonds. The quantitative estimate of drug-likeness (QED) is 0.887. The number of amides is 1. The van der Waals surface area contributed by atoms with Crippen LogP contribution in [0.25, 0.3) is 0 Å². The second kappa shape index (κ2) is 7.73. The maximum Gasteiger partial charge on any atom is 0.239 e. The lowest BCUT2D eigenvalue weighted by Gasteiger charge is -2.28. The summed E-state index contributed by atoms with van der Waals surface area (Å²) in [6, 6.07) is 6.10. The fourth-order valence-electron chi connectivity index (χ4n) is 2.17. The number of carbonyl (C=O) groups excluding carboxylic acids is 1. The highest BCUT2D eigenvalue weighted by atomic mass is 35.5. The second-order valence-electron chi connectivity index (χ2n) is 5.69. The van der Waals surface area contributed by atoms with Crippen molar-refractivity contribution in [3.63, 3.8) is 0 Å². The summed E-state index contributed by atoms with van der Waals surface area (Å²) < 4.78 is 18.2. The summed E-state index contributed by atoms with van der Waals surface area (Å²) >= 11 is 0. The van der Waals surface area contributed by atoms with E-state index in [1.54, 1.807) is 12.1 Å². The third-order valence-electron chi connectivity index (χ3n) is 3.57. The molecule has 0 radical (unpaired) electrons. The summed E-state index contributed by atoms with van der Waals surface area (Å²) in [7, 11) is 0. The molecule has 1 aliphatic rings. The molecule has 118 valence electrons. The molecule has 21 heavy (non-hydrogen) atoms. The van der Waals surface area contributed by atoms with Crippen molar-refractivity contribution >= 4 is 18.3 Å². The fraction of sp³-hybridized carbons (Fsp3) is 0.533. The summed E-state index contributed by atoms with van der Waals surface area (Å²) in [5.74, 6) is -0.308. The first kappa shape index (κ1) is 17.9. The Balaban J connectivity index is 0.00000220. The predicted octanol–water partition coefficient (Wildman–Crippen LogP) is 1.63. The minimum Gasteiger partial charge on any atom is -0.378 e. The van der Waals surface area contributed by atoms with E-state index in [1.165, 1.54) is 12.1 Å². The highest BCUT2D eigenvalue weighted by Crippen LogP contribution is 2.22. The molecule has 0 saturated carbocycles. The number of morpholine rings is 1. The first-order valence-corrected chi connectivity index (χ1v) is 6.84. The molecule has 1 fully saturated rings. The molecule has 4 nitrogen and oxygen atoms in total. The van der Waals surface area contributed by atoms with Gasteiger partial charge in [0, 0.05) is 18.5 Å². The zero-order chi connectivity index (χ0) is 14.6. The monoisotopic (exact) mass is 316 g/mol. The Morgan fingerprint density at radius 2 is 2.10 bits per heavy atom. The molecule has 1 saturated heterocycles. The minimum absolute atomic E-state index is 0. The van der Waals surface area contributed by atoms with Gasteiger partial charge in [0.2, 0.25) is 5.91 Å². The van der Waals surface area contributed by atoms with E-state index in [0.29, 0.717) is 26.3 Å². The zero-order valence-electron chi connectivity index (χ0n) is 12.3. The molecule has 0 aliphatic carbocycles. The van der Waals surface area contributed by atoms with Crippen LogP contribution in [-0.4, -0.2) is 38.3 Å². The maximum atomic E-state index is 12.9. The molecule has 1 aliphatic heterocycles. The topological polar surface area (TPSA) is 50.4 Å². The lowest BCUT2D eigenvalue weighted by molar-refractivity contribution is -0.126. The first-order valence-electron chi connectivity index (χ1n) is 6.84. The predicted molar refractivity (Wildman–Crippen MR) is 82.3 cm³/mol. The standard InChI is InChI=1S/C15H21FN2O2.ClH/c1-15(2,11-3-5-12(16)6-4-11)10-18-14(19)13-9-20-8-7-17-13;/h3-6,13,17H,7-10H2,1-2H3,(H,18,19);1H. The average molecular weight is 317 g/mol. The summed E-state index contributed by atoms with van der Waals surface area (Å²) in [6.45, 7) is 6.28. The van der Waals surface area contributed by atoms with Crippen molar-refractivity contribution in [3.05, 3.63) is 35.6 Å². The Morgan fingerprint density at radius 3 is 2.67 bits per heavy atom. The second-order valence-corrected chi connectivity index (χ2v) is 5.69. The zero-order valence-corrected chi connectivity index (χ0v) is 13.1. The van der Waals surface area contributed by atoms with Crippen LogP contribution in [0.1, 0.15) is 19.4 Å². The summed E-state index contributed by atoms with van der Waals surface area (Å²) in [5.41, 5.74) is 0.742. The van der Waals surface area contributed by atoms with Gasteiger partial charge in [-0.15, -0.1) is 12.4 Å². The molecule has 1 atom stereocenters. The number of nitrogens with one attached hydrogen (secondary N) is 2. The molecular weight excluding hydrogens is 295 g/mol. The average Bonchev–Trinajstić information content (AvgIpc) is 2.46. The summed E-state index contributed by atoms with van der Waals surface area (Å²) in [4.78, 5) is 12.0. The van der Waals surface area contributed by atoms with Crippen molar-refractivity contribution in [2.24, 2.45) is 0 Å². The van der Waals surface area contributed by atoms with E-state index >= 15 is 0 Å². The van der Waals surface area contributed by atoms with Crippen LogP contribution in [0.3, 0.4) is 0 Å². The molecule has 0 bridgehead atoms. The van der Waals surface area contributed by atoms with Crippen LogP contribution in [0, 0.1) is 5.82 Å². The Labute approximate surface area is 130 Å². The van der Waals surface area contributed by atoms with Gasteiger partial charge in [-0.2, -0.15) is 0 Å². The highest BCUT2D eigenvalue weighted by molar-refractivity contribution is 5.85. The number of hydrogen-bond donors (Lipinski definition) is 2. The smallest absolute Gasteiger partial charge is 0.239 e. The maximum absolute atomic E-state index is 12.9. The van der Waals surface area contributed by atoms with Crippen LogP contribution in [-0.2, 0) is 14.9 Å². The molecule has 0 spiro atoms. The Bertz CT molecular complexity index is 459. The normalized spacial score (nSPS) is 18.7.